The first kappa shape index (κ1) is 32.1. The van der Waals surface area contributed by atoms with E-state index in [-0.39, 0.29) is 0 Å². The Balaban J connectivity index is 0.987. The molecule has 5 heterocycles. The molecule has 5 aromatic heterocycles. The third-order valence-electron chi connectivity index (χ3n) is 10.4. The molecule has 0 N–H and O–H groups in total. The fourth-order valence-electron chi connectivity index (χ4n) is 7.60. The molecular formula is C49H30N6S. The zero-order valence-corrected chi connectivity index (χ0v) is 30.7. The van der Waals surface area contributed by atoms with Crippen molar-refractivity contribution < 1.29 is 0 Å². The van der Waals surface area contributed by atoms with E-state index in [0.717, 1.165) is 104 Å². The van der Waals surface area contributed by atoms with Crippen molar-refractivity contribution in [3.05, 3.63) is 182 Å². The van der Waals surface area contributed by atoms with Crippen molar-refractivity contribution in [3.63, 3.8) is 0 Å². The summed E-state index contributed by atoms with van der Waals surface area (Å²) in [4.78, 5) is 27.1. The van der Waals surface area contributed by atoms with Crippen LogP contribution in [0.15, 0.2) is 182 Å². The van der Waals surface area contributed by atoms with Crippen molar-refractivity contribution in [2.45, 2.75) is 0 Å². The van der Waals surface area contributed by atoms with Crippen LogP contribution >= 0.6 is 11.3 Å². The minimum atomic E-state index is 0.924. The third kappa shape index (κ3) is 5.61. The summed E-state index contributed by atoms with van der Waals surface area (Å²) in [6, 6.07) is 59.5. The molecule has 0 saturated heterocycles. The van der Waals surface area contributed by atoms with Crippen molar-refractivity contribution in [1.29, 1.82) is 0 Å². The number of aromatic nitrogens is 5. The Hall–Kier alpha value is -7.35. The molecule has 0 aliphatic rings. The SMILES string of the molecule is c1ccc2nc(-c3ccc(N(c4ccc(-c5ccc6ccccc6n5)cc4)c4ccc5cc(-c6ncnc7c6sc6ncccc67)ccc5c4)cc3)ccc2c1. The van der Waals surface area contributed by atoms with Crippen molar-refractivity contribution in [2.75, 3.05) is 4.90 Å². The molecule has 0 spiro atoms. The molecule has 6 aromatic carbocycles. The number of para-hydroxylation sites is 2. The van der Waals surface area contributed by atoms with Crippen molar-refractivity contribution in [2.24, 2.45) is 0 Å². The highest BCUT2D eigenvalue weighted by atomic mass is 32.1. The van der Waals surface area contributed by atoms with E-state index < -0.39 is 0 Å². The van der Waals surface area contributed by atoms with Crippen LogP contribution < -0.4 is 4.90 Å². The summed E-state index contributed by atoms with van der Waals surface area (Å²) >= 11 is 1.64. The summed E-state index contributed by atoms with van der Waals surface area (Å²) in [6.07, 6.45) is 3.49. The normalized spacial score (nSPS) is 11.6. The van der Waals surface area contributed by atoms with E-state index in [1.165, 1.54) is 0 Å². The summed E-state index contributed by atoms with van der Waals surface area (Å²) < 4.78 is 1.05. The number of anilines is 3. The molecular weight excluding hydrogens is 705 g/mol. The lowest BCUT2D eigenvalue weighted by Gasteiger charge is -2.26. The molecule has 0 bridgehead atoms. The highest BCUT2D eigenvalue weighted by Gasteiger charge is 2.17. The van der Waals surface area contributed by atoms with Gasteiger partial charge in [-0.05, 0) is 89.6 Å². The van der Waals surface area contributed by atoms with Gasteiger partial charge in [-0.25, -0.2) is 24.9 Å². The fraction of sp³-hybridized carbons (Fsp3) is 0. The van der Waals surface area contributed by atoms with Crippen LogP contribution in [-0.4, -0.2) is 24.9 Å². The molecule has 0 unspecified atom stereocenters. The summed E-state index contributed by atoms with van der Waals surface area (Å²) in [5, 5.41) is 5.59. The lowest BCUT2D eigenvalue weighted by atomic mass is 10.0. The van der Waals surface area contributed by atoms with E-state index in [9.17, 15) is 0 Å². The van der Waals surface area contributed by atoms with Crippen molar-refractivity contribution >= 4 is 81.4 Å². The first-order chi connectivity index (χ1) is 27.7. The van der Waals surface area contributed by atoms with E-state index in [1.807, 2.05) is 36.5 Å². The van der Waals surface area contributed by atoms with Gasteiger partial charge in [0.05, 0.1) is 38.3 Å². The van der Waals surface area contributed by atoms with Crippen LogP contribution in [0.2, 0.25) is 0 Å². The number of fused-ring (bicyclic) bond motifs is 6. The molecule has 0 aliphatic heterocycles. The van der Waals surface area contributed by atoms with E-state index in [4.69, 9.17) is 15.0 Å². The lowest BCUT2D eigenvalue weighted by molar-refractivity contribution is 1.24. The predicted molar refractivity (Wildman–Crippen MR) is 232 cm³/mol. The minimum Gasteiger partial charge on any atom is -0.310 e. The van der Waals surface area contributed by atoms with Gasteiger partial charge in [-0.3, -0.25) is 0 Å². The van der Waals surface area contributed by atoms with Gasteiger partial charge in [-0.2, -0.15) is 0 Å². The number of hydrogen-bond acceptors (Lipinski definition) is 7. The summed E-state index contributed by atoms with van der Waals surface area (Å²) in [7, 11) is 0. The van der Waals surface area contributed by atoms with E-state index >= 15 is 0 Å². The van der Waals surface area contributed by atoms with Gasteiger partial charge < -0.3 is 4.90 Å². The van der Waals surface area contributed by atoms with Crippen LogP contribution in [0.1, 0.15) is 0 Å². The molecule has 0 radical (unpaired) electrons. The van der Waals surface area contributed by atoms with E-state index in [1.54, 1.807) is 17.7 Å². The van der Waals surface area contributed by atoms with Crippen molar-refractivity contribution in [1.82, 2.24) is 24.9 Å². The largest absolute Gasteiger partial charge is 0.310 e. The highest BCUT2D eigenvalue weighted by molar-refractivity contribution is 7.25. The van der Waals surface area contributed by atoms with Crippen LogP contribution in [0.4, 0.5) is 17.1 Å². The number of rotatable bonds is 6. The summed E-state index contributed by atoms with van der Waals surface area (Å²) in [6.45, 7) is 0. The molecule has 0 fully saturated rings. The molecule has 0 aliphatic carbocycles. The van der Waals surface area contributed by atoms with Gasteiger partial charge in [0, 0.05) is 56.1 Å². The fourth-order valence-corrected chi connectivity index (χ4v) is 8.71. The number of pyridine rings is 3. The second kappa shape index (κ2) is 13.2. The average Bonchev–Trinajstić information content (AvgIpc) is 3.66. The molecule has 6 nitrogen and oxygen atoms in total. The molecule has 11 rings (SSSR count). The number of hydrogen-bond donors (Lipinski definition) is 0. The maximum absolute atomic E-state index is 4.95. The Kier molecular flexibility index (Phi) is 7.57. The van der Waals surface area contributed by atoms with Gasteiger partial charge >= 0.3 is 0 Å². The number of benzene rings is 6. The standard InChI is InChI=1S/C49H30N6S/c1-3-9-42-31(6-1)18-25-44(53-42)33-13-20-38(21-14-33)55(39-22-15-34(16-23-39)45-26-19-32-7-2-4-10-43(32)54-45)40-24-17-35-28-37(12-11-36(35)29-40)46-48-47(52-30-51-46)41-8-5-27-50-49(41)56-48/h1-30H. The van der Waals surface area contributed by atoms with Gasteiger partial charge in [0.2, 0.25) is 0 Å². The van der Waals surface area contributed by atoms with E-state index in [2.05, 4.69) is 154 Å². The predicted octanol–water partition coefficient (Wildman–Crippen LogP) is 13.0. The van der Waals surface area contributed by atoms with Gasteiger partial charge in [-0.15, -0.1) is 11.3 Å². The van der Waals surface area contributed by atoms with Crippen LogP contribution in [0.25, 0.3) is 86.8 Å². The summed E-state index contributed by atoms with van der Waals surface area (Å²) in [5.41, 5.74) is 12.1. The second-order valence-corrected chi connectivity index (χ2v) is 14.8. The third-order valence-corrected chi connectivity index (χ3v) is 11.5. The lowest BCUT2D eigenvalue weighted by Crippen LogP contribution is -2.10. The van der Waals surface area contributed by atoms with Gasteiger partial charge in [0.25, 0.3) is 0 Å². The van der Waals surface area contributed by atoms with Crippen LogP contribution in [0.5, 0.6) is 0 Å². The second-order valence-electron chi connectivity index (χ2n) is 13.8. The minimum absolute atomic E-state index is 0.924. The van der Waals surface area contributed by atoms with Crippen molar-refractivity contribution in [3.8, 4) is 33.8 Å². The zero-order valence-electron chi connectivity index (χ0n) is 29.9. The smallest absolute Gasteiger partial charge is 0.126 e. The highest BCUT2D eigenvalue weighted by Crippen LogP contribution is 2.40. The van der Waals surface area contributed by atoms with Crippen LogP contribution in [-0.2, 0) is 0 Å². The Morgan fingerprint density at radius 3 is 1.68 bits per heavy atom. The first-order valence-electron chi connectivity index (χ1n) is 18.5. The maximum Gasteiger partial charge on any atom is 0.126 e. The summed E-state index contributed by atoms with van der Waals surface area (Å²) in [5.74, 6) is 0. The van der Waals surface area contributed by atoms with E-state index in [0.29, 0.717) is 0 Å². The molecule has 56 heavy (non-hydrogen) atoms. The zero-order chi connectivity index (χ0) is 37.0. The Morgan fingerprint density at radius 2 is 1.00 bits per heavy atom. The number of thiophene rings is 1. The van der Waals surface area contributed by atoms with Gasteiger partial charge in [0.1, 0.15) is 11.2 Å². The van der Waals surface area contributed by atoms with Gasteiger partial charge in [0.15, 0.2) is 0 Å². The Labute approximate surface area is 326 Å². The molecule has 0 amide bonds. The van der Waals surface area contributed by atoms with Gasteiger partial charge in [-0.1, -0.05) is 91.0 Å². The molecule has 262 valence electrons. The van der Waals surface area contributed by atoms with Crippen LogP contribution in [0, 0.1) is 0 Å². The topological polar surface area (TPSA) is 67.7 Å². The maximum atomic E-state index is 4.95. The Morgan fingerprint density at radius 1 is 0.429 bits per heavy atom. The van der Waals surface area contributed by atoms with Crippen LogP contribution in [0.3, 0.4) is 0 Å². The quantitative estimate of drug-likeness (QED) is 0.169. The molecule has 0 saturated carbocycles. The number of nitrogens with zero attached hydrogens (tertiary/aromatic N) is 6. The first-order valence-corrected chi connectivity index (χ1v) is 19.3. The Bertz CT molecular complexity index is 3140. The molecule has 7 heteroatoms. The monoisotopic (exact) mass is 734 g/mol. The molecule has 11 aromatic rings. The average molecular weight is 735 g/mol. The molecule has 0 atom stereocenters.